The molecule has 1 aliphatic heterocycles. The van der Waals surface area contributed by atoms with Crippen molar-refractivity contribution in [3.05, 3.63) is 15.8 Å². The second kappa shape index (κ2) is 6.58. The summed E-state index contributed by atoms with van der Waals surface area (Å²) in [6.07, 6.45) is 2.03. The van der Waals surface area contributed by atoms with E-state index in [1.807, 2.05) is 31.1 Å². The Kier molecular flexibility index (Phi) is 5.30. The van der Waals surface area contributed by atoms with Crippen molar-refractivity contribution in [2.45, 2.75) is 37.2 Å². The lowest BCUT2D eigenvalue weighted by molar-refractivity contribution is 0.542. The Hall–Kier alpha value is -0.0800. The van der Waals surface area contributed by atoms with Crippen LogP contribution in [0.2, 0.25) is 0 Å². The Labute approximate surface area is 123 Å². The van der Waals surface area contributed by atoms with Gasteiger partial charge in [0.25, 0.3) is 0 Å². The van der Waals surface area contributed by atoms with Gasteiger partial charge in [0.2, 0.25) is 10.0 Å². The fourth-order valence-electron chi connectivity index (χ4n) is 2.24. The van der Waals surface area contributed by atoms with Crippen LogP contribution in [0, 0.1) is 6.92 Å². The number of hydrogen-bond donors (Lipinski definition) is 2. The van der Waals surface area contributed by atoms with E-state index in [1.165, 1.54) is 11.3 Å². The highest BCUT2D eigenvalue weighted by atomic mass is 32.2. The summed E-state index contributed by atoms with van der Waals surface area (Å²) < 4.78 is 27.9. The van der Waals surface area contributed by atoms with Gasteiger partial charge in [-0.3, -0.25) is 0 Å². The molecule has 0 spiro atoms. The van der Waals surface area contributed by atoms with E-state index in [0.717, 1.165) is 34.8 Å². The van der Waals surface area contributed by atoms with Crippen molar-refractivity contribution in [1.82, 2.24) is 10.0 Å². The van der Waals surface area contributed by atoms with E-state index in [-0.39, 0.29) is 6.04 Å². The Bertz CT molecular complexity index is 519. The highest BCUT2D eigenvalue weighted by Gasteiger charge is 2.26. The highest BCUT2D eigenvalue weighted by molar-refractivity contribution is 7.99. The largest absolute Gasteiger partial charge is 0.315 e. The Morgan fingerprint density at radius 1 is 1.47 bits per heavy atom. The fraction of sp³-hybridized carbons (Fsp3) is 0.667. The van der Waals surface area contributed by atoms with Crippen molar-refractivity contribution in [2.24, 2.45) is 0 Å². The van der Waals surface area contributed by atoms with Gasteiger partial charge in [-0.1, -0.05) is 0 Å². The van der Waals surface area contributed by atoms with Gasteiger partial charge in [-0.15, -0.1) is 11.3 Å². The van der Waals surface area contributed by atoms with Gasteiger partial charge in [-0.2, -0.15) is 11.8 Å². The lowest BCUT2D eigenvalue weighted by atomic mass is 10.2. The van der Waals surface area contributed by atoms with E-state index in [2.05, 4.69) is 10.0 Å². The van der Waals surface area contributed by atoms with Crippen LogP contribution in [-0.4, -0.2) is 33.0 Å². The summed E-state index contributed by atoms with van der Waals surface area (Å²) in [7, 11) is -1.56. The van der Waals surface area contributed by atoms with Crippen molar-refractivity contribution < 1.29 is 8.42 Å². The third-order valence-corrected chi connectivity index (χ3v) is 7.28. The molecule has 0 aliphatic carbocycles. The first-order valence-corrected chi connectivity index (χ1v) is 9.88. The zero-order chi connectivity index (χ0) is 13.9. The maximum absolute atomic E-state index is 12.5. The number of aryl methyl sites for hydroxylation is 1. The molecule has 4 nitrogen and oxygen atoms in total. The van der Waals surface area contributed by atoms with Gasteiger partial charge in [-0.25, -0.2) is 13.1 Å². The first kappa shape index (κ1) is 15.3. The predicted molar refractivity (Wildman–Crippen MR) is 82.5 cm³/mol. The lowest BCUT2D eigenvalue weighted by Gasteiger charge is -2.22. The van der Waals surface area contributed by atoms with Crippen LogP contribution in [-0.2, 0) is 16.6 Å². The summed E-state index contributed by atoms with van der Waals surface area (Å²) in [5, 5.41) is 4.94. The van der Waals surface area contributed by atoms with Crippen LogP contribution in [0.1, 0.15) is 23.3 Å². The van der Waals surface area contributed by atoms with Crippen molar-refractivity contribution in [1.29, 1.82) is 0 Å². The van der Waals surface area contributed by atoms with Crippen LogP contribution >= 0.6 is 23.1 Å². The van der Waals surface area contributed by atoms with Crippen molar-refractivity contribution >= 4 is 33.1 Å². The molecular weight excluding hydrogens is 300 g/mol. The molecule has 1 aliphatic rings. The number of nitrogens with one attached hydrogen (secondary N) is 2. The van der Waals surface area contributed by atoms with E-state index in [4.69, 9.17) is 0 Å². The normalized spacial score (nSPS) is 20.6. The Morgan fingerprint density at radius 3 is 2.89 bits per heavy atom. The summed E-state index contributed by atoms with van der Waals surface area (Å²) in [5.41, 5.74) is 0.839. The summed E-state index contributed by atoms with van der Waals surface area (Å²) in [4.78, 5) is 1.36. The average molecular weight is 321 g/mol. The average Bonchev–Trinajstić information content (AvgIpc) is 2.72. The van der Waals surface area contributed by atoms with E-state index in [0.29, 0.717) is 11.4 Å². The molecule has 1 fully saturated rings. The SMILES string of the molecule is CNCc1scc(C)c1S(=O)(=O)NC1CCCSC1. The minimum atomic E-state index is -3.39. The summed E-state index contributed by atoms with van der Waals surface area (Å²) in [5.74, 6) is 2.02. The van der Waals surface area contributed by atoms with Gasteiger partial charge in [0.1, 0.15) is 4.90 Å². The van der Waals surface area contributed by atoms with E-state index in [1.54, 1.807) is 0 Å². The van der Waals surface area contributed by atoms with Crippen LogP contribution < -0.4 is 10.0 Å². The number of sulfonamides is 1. The second-order valence-corrected chi connectivity index (χ2v) is 8.50. The molecule has 2 N–H and O–H groups in total. The molecule has 2 rings (SSSR count). The second-order valence-electron chi connectivity index (χ2n) is 4.74. The predicted octanol–water partition coefficient (Wildman–Crippen LogP) is 1.95. The Morgan fingerprint density at radius 2 is 2.26 bits per heavy atom. The molecular formula is C12H20N2O2S3. The molecule has 0 bridgehead atoms. The molecule has 0 radical (unpaired) electrons. The smallest absolute Gasteiger partial charge is 0.242 e. The number of rotatable bonds is 5. The first-order valence-electron chi connectivity index (χ1n) is 6.36. The topological polar surface area (TPSA) is 58.2 Å². The first-order chi connectivity index (χ1) is 9.04. The fourth-order valence-corrected chi connectivity index (χ4v) is 6.51. The van der Waals surface area contributed by atoms with Gasteiger partial charge >= 0.3 is 0 Å². The monoisotopic (exact) mass is 320 g/mol. The summed E-state index contributed by atoms with van der Waals surface area (Å²) in [6.45, 7) is 2.45. The van der Waals surface area contributed by atoms with E-state index < -0.39 is 10.0 Å². The van der Waals surface area contributed by atoms with Crippen LogP contribution in [0.4, 0.5) is 0 Å². The lowest BCUT2D eigenvalue weighted by Crippen LogP contribution is -2.38. The van der Waals surface area contributed by atoms with Crippen molar-refractivity contribution in [2.75, 3.05) is 18.6 Å². The number of hydrogen-bond acceptors (Lipinski definition) is 5. The summed E-state index contributed by atoms with van der Waals surface area (Å²) in [6, 6.07) is 0.0745. The van der Waals surface area contributed by atoms with Crippen LogP contribution in [0.5, 0.6) is 0 Å². The zero-order valence-electron chi connectivity index (χ0n) is 11.2. The molecule has 1 saturated heterocycles. The molecule has 1 aromatic heterocycles. The molecule has 19 heavy (non-hydrogen) atoms. The van der Waals surface area contributed by atoms with Crippen LogP contribution in [0.25, 0.3) is 0 Å². The van der Waals surface area contributed by atoms with Gasteiger partial charge in [0.05, 0.1) is 0 Å². The van der Waals surface area contributed by atoms with E-state index in [9.17, 15) is 8.42 Å². The van der Waals surface area contributed by atoms with Gasteiger partial charge < -0.3 is 5.32 Å². The molecule has 108 valence electrons. The summed E-state index contributed by atoms with van der Waals surface area (Å²) >= 11 is 3.33. The maximum atomic E-state index is 12.5. The maximum Gasteiger partial charge on any atom is 0.242 e. The van der Waals surface area contributed by atoms with E-state index >= 15 is 0 Å². The van der Waals surface area contributed by atoms with Gasteiger partial charge in [0.15, 0.2) is 0 Å². The molecule has 0 saturated carbocycles. The zero-order valence-corrected chi connectivity index (χ0v) is 13.7. The van der Waals surface area contributed by atoms with Crippen LogP contribution in [0.3, 0.4) is 0 Å². The molecule has 0 aromatic carbocycles. The standard InChI is InChI=1S/C12H20N2O2S3/c1-9-7-18-11(6-13-2)12(9)19(15,16)14-10-4-3-5-17-8-10/h7,10,13-14H,3-6,8H2,1-2H3. The molecule has 2 heterocycles. The van der Waals surface area contributed by atoms with Gasteiger partial charge in [0, 0.05) is 23.2 Å². The van der Waals surface area contributed by atoms with Crippen molar-refractivity contribution in [3.8, 4) is 0 Å². The van der Waals surface area contributed by atoms with Gasteiger partial charge in [-0.05, 0) is 43.5 Å². The number of thiophene rings is 1. The molecule has 1 atom stereocenters. The minimum absolute atomic E-state index is 0.0745. The molecule has 7 heteroatoms. The molecule has 0 amide bonds. The van der Waals surface area contributed by atoms with Crippen LogP contribution in [0.15, 0.2) is 10.3 Å². The Balaban J connectivity index is 2.20. The number of thioether (sulfide) groups is 1. The molecule has 1 unspecified atom stereocenters. The third kappa shape index (κ3) is 3.72. The third-order valence-electron chi connectivity index (χ3n) is 3.08. The highest BCUT2D eigenvalue weighted by Crippen LogP contribution is 2.28. The molecule has 1 aromatic rings. The quantitative estimate of drug-likeness (QED) is 0.871. The van der Waals surface area contributed by atoms with Crippen molar-refractivity contribution in [3.63, 3.8) is 0 Å². The minimum Gasteiger partial charge on any atom is -0.315 e.